The van der Waals surface area contributed by atoms with Crippen LogP contribution in [0.5, 0.6) is 5.75 Å². The fraction of sp³-hybridized carbons (Fsp3) is 0.320. The molecule has 7 rings (SSSR count). The molecule has 54 heavy (non-hydrogen) atoms. The smallest absolute Gasteiger partial charge is 0.419 e. The van der Waals surface area contributed by atoms with Gasteiger partial charge in [-0.15, -0.1) is 4.20 Å². The van der Waals surface area contributed by atoms with Crippen LogP contribution >= 0.6 is 8.69 Å². The average molecular weight is 737 g/mol. The molecule has 5 aromatic rings. The highest BCUT2D eigenvalue weighted by molar-refractivity contribution is 7.41. The lowest BCUT2D eigenvalue weighted by molar-refractivity contribution is 0.232. The fourth-order valence-electron chi connectivity index (χ4n) is 8.68. The van der Waals surface area contributed by atoms with Crippen LogP contribution in [0.3, 0.4) is 0 Å². The highest BCUT2D eigenvalue weighted by Crippen LogP contribution is 2.59. The van der Waals surface area contributed by atoms with Gasteiger partial charge < -0.3 is 9.05 Å². The number of fused-ring (bicyclic) bond motifs is 1. The number of benzene rings is 5. The minimum Gasteiger partial charge on any atom is -0.419 e. The first kappa shape index (κ1) is 37.8. The molecule has 2 aliphatic rings. The second kappa shape index (κ2) is 14.3. The largest absolute Gasteiger partial charge is 0.505 e. The predicted molar refractivity (Wildman–Crippen MR) is 224 cm³/mol. The van der Waals surface area contributed by atoms with Crippen LogP contribution in [0.4, 0.5) is 4.20 Å². The van der Waals surface area contributed by atoms with E-state index in [1.807, 2.05) is 6.07 Å². The predicted octanol–water partition coefficient (Wildman–Crippen LogP) is 14.2. The Kier molecular flexibility index (Phi) is 10.0. The zero-order valence-electron chi connectivity index (χ0n) is 33.3. The SMILES string of the molecule is CC1C2=C(OP(F)Oc3c1cc(C(C)(C)c1ccccc1)cc3C(C)(C)c1ccccc1)C(C(C)(C)c1ccccc1)CC(C(C)(C)c1ccccc1)=C2. The summed E-state index contributed by atoms with van der Waals surface area (Å²) < 4.78 is 30.0. The zero-order valence-corrected chi connectivity index (χ0v) is 34.2. The van der Waals surface area contributed by atoms with E-state index in [1.165, 1.54) is 27.8 Å². The van der Waals surface area contributed by atoms with Crippen LogP contribution < -0.4 is 4.52 Å². The summed E-state index contributed by atoms with van der Waals surface area (Å²) >= 11 is 0. The second-order valence-corrected chi connectivity index (χ2v) is 18.2. The molecular formula is C50H54FO2P. The van der Waals surface area contributed by atoms with Crippen LogP contribution in [-0.2, 0) is 26.2 Å². The fourth-order valence-corrected chi connectivity index (χ4v) is 9.45. The van der Waals surface area contributed by atoms with Crippen molar-refractivity contribution in [2.45, 2.75) is 96.3 Å². The third-order valence-electron chi connectivity index (χ3n) is 12.8. The van der Waals surface area contributed by atoms with Gasteiger partial charge >= 0.3 is 8.69 Å². The third kappa shape index (κ3) is 6.75. The molecule has 1 aliphatic carbocycles. The van der Waals surface area contributed by atoms with Crippen molar-refractivity contribution in [2.24, 2.45) is 5.92 Å². The first-order chi connectivity index (χ1) is 25.6. The Bertz CT molecular complexity index is 2170. The standard InChI is InChI=1S/C50H54FO2P/c1-34-41-30-39(47(2,3)35-22-14-10-15-23-35)32-43(49(6,7)37-26-18-12-19-27-37)45(41)52-54(51)53-46-42(34)31-40(48(4,5)36-24-16-11-17-25-36)33-44(46)50(8,9)38-28-20-13-21-29-38/h10-32,34,44H,33H2,1-9H3. The number of hydrogen-bond donors (Lipinski definition) is 0. The van der Waals surface area contributed by atoms with Gasteiger partial charge in [0.05, 0.1) is 0 Å². The van der Waals surface area contributed by atoms with Crippen molar-refractivity contribution in [3.8, 4) is 5.75 Å². The van der Waals surface area contributed by atoms with E-state index in [9.17, 15) is 0 Å². The van der Waals surface area contributed by atoms with Crippen LogP contribution in [-0.4, -0.2) is 0 Å². The van der Waals surface area contributed by atoms with Gasteiger partial charge in [-0.1, -0.05) is 207 Å². The first-order valence-corrected chi connectivity index (χ1v) is 20.4. The summed E-state index contributed by atoms with van der Waals surface area (Å²) in [6.07, 6.45) is 3.08. The van der Waals surface area contributed by atoms with Gasteiger partial charge in [0.15, 0.2) is 0 Å². The van der Waals surface area contributed by atoms with E-state index >= 15 is 4.20 Å². The molecule has 0 aromatic heterocycles. The lowest BCUT2D eigenvalue weighted by atomic mass is 9.62. The van der Waals surface area contributed by atoms with Crippen LogP contribution in [0, 0.1) is 5.92 Å². The van der Waals surface area contributed by atoms with Gasteiger partial charge in [-0.3, -0.25) is 0 Å². The molecule has 3 unspecified atom stereocenters. The molecule has 278 valence electrons. The molecule has 0 fully saturated rings. The molecule has 1 heterocycles. The molecule has 0 bridgehead atoms. The van der Waals surface area contributed by atoms with Gasteiger partial charge in [-0.2, -0.15) is 0 Å². The molecule has 0 spiro atoms. The Labute approximate surface area is 324 Å². The van der Waals surface area contributed by atoms with Crippen molar-refractivity contribution < 1.29 is 13.2 Å². The Morgan fingerprint density at radius 2 is 1.02 bits per heavy atom. The van der Waals surface area contributed by atoms with Crippen molar-refractivity contribution in [3.05, 3.63) is 195 Å². The van der Waals surface area contributed by atoms with Crippen molar-refractivity contribution in [1.82, 2.24) is 0 Å². The number of halogens is 1. The Morgan fingerprint density at radius 1 is 0.556 bits per heavy atom. The summed E-state index contributed by atoms with van der Waals surface area (Å²) in [5.41, 5.74) is 8.78. The minimum absolute atomic E-state index is 0.129. The molecule has 0 saturated heterocycles. The zero-order chi connectivity index (χ0) is 38.5. The Morgan fingerprint density at radius 3 is 1.54 bits per heavy atom. The summed E-state index contributed by atoms with van der Waals surface area (Å²) in [4.78, 5) is 0. The summed E-state index contributed by atoms with van der Waals surface area (Å²) in [5.74, 6) is 1.01. The molecule has 0 amide bonds. The van der Waals surface area contributed by atoms with Gasteiger partial charge in [-0.25, -0.2) is 0 Å². The Hall–Kier alpha value is -4.46. The summed E-state index contributed by atoms with van der Waals surface area (Å²) in [7, 11) is -2.81. The highest BCUT2D eigenvalue weighted by Gasteiger charge is 2.46. The molecular weight excluding hydrogens is 683 g/mol. The van der Waals surface area contributed by atoms with Crippen LogP contribution in [0.15, 0.2) is 156 Å². The van der Waals surface area contributed by atoms with Crippen LogP contribution in [0.2, 0.25) is 0 Å². The minimum atomic E-state index is -2.81. The van der Waals surface area contributed by atoms with Gasteiger partial charge in [0.25, 0.3) is 0 Å². The molecule has 0 radical (unpaired) electrons. The monoisotopic (exact) mass is 736 g/mol. The number of rotatable bonds is 8. The lowest BCUT2D eigenvalue weighted by Crippen LogP contribution is -2.37. The topological polar surface area (TPSA) is 18.5 Å². The van der Waals surface area contributed by atoms with E-state index < -0.39 is 14.1 Å². The van der Waals surface area contributed by atoms with Crippen molar-refractivity contribution in [1.29, 1.82) is 0 Å². The molecule has 5 aromatic carbocycles. The normalized spacial score (nSPS) is 19.4. The maximum absolute atomic E-state index is 16.9. The average Bonchev–Trinajstić information content (AvgIpc) is 3.18. The summed E-state index contributed by atoms with van der Waals surface area (Å²) in [6, 6.07) is 47.1. The quantitative estimate of drug-likeness (QED) is 0.148. The maximum atomic E-state index is 16.9. The van der Waals surface area contributed by atoms with Gasteiger partial charge in [-0.05, 0) is 45.2 Å². The maximum Gasteiger partial charge on any atom is 0.505 e. The summed E-state index contributed by atoms with van der Waals surface area (Å²) in [6.45, 7) is 20.5. The molecule has 3 atom stereocenters. The number of allylic oxidation sites excluding steroid dienone is 4. The lowest BCUT2D eigenvalue weighted by Gasteiger charge is -2.44. The van der Waals surface area contributed by atoms with Gasteiger partial charge in [0.1, 0.15) is 11.5 Å². The second-order valence-electron chi connectivity index (χ2n) is 17.4. The molecule has 4 heteroatoms. The molecule has 0 N–H and O–H groups in total. The van der Waals surface area contributed by atoms with E-state index in [2.05, 4.69) is 196 Å². The third-order valence-corrected chi connectivity index (χ3v) is 13.5. The first-order valence-electron chi connectivity index (χ1n) is 19.3. The van der Waals surface area contributed by atoms with Gasteiger partial charge in [0, 0.05) is 39.2 Å². The highest BCUT2D eigenvalue weighted by atomic mass is 31.2. The van der Waals surface area contributed by atoms with Crippen LogP contribution in [0.1, 0.15) is 114 Å². The Balaban J connectivity index is 1.50. The van der Waals surface area contributed by atoms with E-state index in [0.29, 0.717) is 11.5 Å². The molecule has 1 aliphatic heterocycles. The van der Waals surface area contributed by atoms with E-state index in [4.69, 9.17) is 9.05 Å². The van der Waals surface area contributed by atoms with Crippen molar-refractivity contribution >= 4 is 8.69 Å². The van der Waals surface area contributed by atoms with Crippen LogP contribution in [0.25, 0.3) is 0 Å². The van der Waals surface area contributed by atoms with Gasteiger partial charge in [0.2, 0.25) is 0 Å². The molecule has 0 saturated carbocycles. The summed E-state index contributed by atoms with van der Waals surface area (Å²) in [5, 5.41) is 0. The van der Waals surface area contributed by atoms with E-state index in [-0.39, 0.29) is 28.1 Å². The van der Waals surface area contributed by atoms with E-state index in [1.54, 1.807) is 0 Å². The van der Waals surface area contributed by atoms with Crippen molar-refractivity contribution in [2.75, 3.05) is 0 Å². The molecule has 2 nitrogen and oxygen atoms in total. The van der Waals surface area contributed by atoms with Crippen molar-refractivity contribution in [3.63, 3.8) is 0 Å². The van der Waals surface area contributed by atoms with E-state index in [0.717, 1.165) is 28.7 Å². The number of hydrogen-bond acceptors (Lipinski definition) is 2.